The molecule has 1 aliphatic heterocycles. The average molecular weight is 351 g/mol. The number of aromatic nitrogens is 3. The number of nitrogens with zero attached hydrogens (tertiary/aromatic N) is 4. The van der Waals surface area contributed by atoms with Crippen molar-refractivity contribution in [1.82, 2.24) is 14.5 Å². The van der Waals surface area contributed by atoms with Crippen LogP contribution in [0.25, 0.3) is 0 Å². The highest BCUT2D eigenvalue weighted by atomic mass is 32.1. The molecule has 2 aromatic heterocycles. The first-order chi connectivity index (χ1) is 11.4. The van der Waals surface area contributed by atoms with Gasteiger partial charge in [-0.05, 0) is 20.8 Å². The molecular weight excluding hydrogens is 330 g/mol. The summed E-state index contributed by atoms with van der Waals surface area (Å²) < 4.78 is 1.40. The monoisotopic (exact) mass is 351 g/mol. The second-order valence-electron chi connectivity index (χ2n) is 5.80. The highest BCUT2D eigenvalue weighted by molar-refractivity contribution is 7.11. The second-order valence-corrected chi connectivity index (χ2v) is 7.09. The van der Waals surface area contributed by atoms with Crippen molar-refractivity contribution >= 4 is 22.8 Å². The van der Waals surface area contributed by atoms with Crippen LogP contribution in [-0.4, -0.2) is 32.8 Å². The molecule has 0 spiro atoms. The van der Waals surface area contributed by atoms with E-state index in [1.165, 1.54) is 9.44 Å². The molecule has 1 unspecified atom stereocenters. The van der Waals surface area contributed by atoms with Crippen LogP contribution >= 0.6 is 11.3 Å². The Morgan fingerprint density at radius 3 is 2.67 bits per heavy atom. The van der Waals surface area contributed by atoms with Crippen molar-refractivity contribution in [2.75, 3.05) is 18.0 Å². The Labute approximate surface area is 143 Å². The molecule has 0 aliphatic carbocycles. The van der Waals surface area contributed by atoms with Gasteiger partial charge < -0.3 is 10.1 Å². The number of rotatable bonds is 3. The first-order valence-electron chi connectivity index (χ1n) is 7.97. The maximum atomic E-state index is 12.5. The Hall–Kier alpha value is -1.81. The van der Waals surface area contributed by atoms with Gasteiger partial charge in [0, 0.05) is 37.4 Å². The number of quaternary nitrogens is 1. The van der Waals surface area contributed by atoms with Crippen molar-refractivity contribution in [3.63, 3.8) is 0 Å². The van der Waals surface area contributed by atoms with E-state index in [-0.39, 0.29) is 11.5 Å². The van der Waals surface area contributed by atoms with Gasteiger partial charge >= 0.3 is 5.56 Å². The van der Waals surface area contributed by atoms with Gasteiger partial charge in [0.1, 0.15) is 5.82 Å². The van der Waals surface area contributed by atoms with Crippen LogP contribution in [-0.2, 0) is 19.4 Å². The molecule has 0 aromatic carbocycles. The quantitative estimate of drug-likeness (QED) is 0.774. The molecule has 24 heavy (non-hydrogen) atoms. The molecule has 0 radical (unpaired) electrons. The van der Waals surface area contributed by atoms with Crippen molar-refractivity contribution in [2.24, 2.45) is 0 Å². The van der Waals surface area contributed by atoms with Gasteiger partial charge in [-0.15, -0.1) is 11.3 Å². The van der Waals surface area contributed by atoms with Gasteiger partial charge in [0.15, 0.2) is 0 Å². The molecule has 3 rings (SSSR count). The smallest absolute Gasteiger partial charge is 0.320 e. The van der Waals surface area contributed by atoms with Crippen molar-refractivity contribution in [3.05, 3.63) is 37.0 Å². The summed E-state index contributed by atoms with van der Waals surface area (Å²) in [7, 11) is 0. The standard InChI is InChI=1S/C15H21N5O3S/c1-4-19-9(2)16-14(13(15(19)21)20(22)23)18-7-5-11-12(6-8-18)24-10(3)17-11/h20,22H,4-8H2,1-3H3. The molecule has 8 nitrogen and oxygen atoms in total. The largest absolute Gasteiger partial charge is 0.595 e. The van der Waals surface area contributed by atoms with Gasteiger partial charge in [-0.25, -0.2) is 15.2 Å². The van der Waals surface area contributed by atoms with Crippen LogP contribution in [0.5, 0.6) is 0 Å². The minimum atomic E-state index is -1.22. The summed E-state index contributed by atoms with van der Waals surface area (Å²) in [6.45, 7) is 7.18. The zero-order valence-electron chi connectivity index (χ0n) is 14.0. The lowest BCUT2D eigenvalue weighted by atomic mass is 10.2. The predicted molar refractivity (Wildman–Crippen MR) is 91.2 cm³/mol. The number of hydrogen-bond acceptors (Lipinski definition) is 7. The summed E-state index contributed by atoms with van der Waals surface area (Å²) in [6, 6.07) is 0. The Balaban J connectivity index is 2.00. The minimum Gasteiger partial charge on any atom is -0.595 e. The van der Waals surface area contributed by atoms with Crippen molar-refractivity contribution < 1.29 is 10.4 Å². The van der Waals surface area contributed by atoms with Crippen molar-refractivity contribution in [2.45, 2.75) is 40.2 Å². The zero-order valence-corrected chi connectivity index (χ0v) is 14.8. The van der Waals surface area contributed by atoms with E-state index in [4.69, 9.17) is 0 Å². The molecule has 2 aromatic rings. The molecule has 3 heterocycles. The minimum absolute atomic E-state index is 0.239. The highest BCUT2D eigenvalue weighted by Gasteiger charge is 2.27. The maximum absolute atomic E-state index is 12.5. The van der Waals surface area contributed by atoms with E-state index < -0.39 is 10.8 Å². The normalized spacial score (nSPS) is 16.0. The van der Waals surface area contributed by atoms with Crippen molar-refractivity contribution in [3.8, 4) is 0 Å². The topological polar surface area (TPSA) is 98.8 Å². The SMILES string of the molecule is CCn1c(C)nc(N2CCc3nc(C)sc3CC2)c([NH+]([O-])O)c1=O. The van der Waals surface area contributed by atoms with Gasteiger partial charge in [-0.1, -0.05) is 0 Å². The number of aryl methyl sites for hydroxylation is 2. The fourth-order valence-corrected chi connectivity index (χ4v) is 4.11. The first kappa shape index (κ1) is 17.0. The highest BCUT2D eigenvalue weighted by Crippen LogP contribution is 2.25. The van der Waals surface area contributed by atoms with Crippen LogP contribution < -0.4 is 15.7 Å². The van der Waals surface area contributed by atoms with Crippen LogP contribution in [0.1, 0.15) is 28.3 Å². The second kappa shape index (κ2) is 6.60. The lowest BCUT2D eigenvalue weighted by Crippen LogP contribution is -3.00. The summed E-state index contributed by atoms with van der Waals surface area (Å²) in [6.07, 6.45) is 1.52. The molecule has 9 heteroatoms. The molecule has 0 fully saturated rings. The lowest BCUT2D eigenvalue weighted by Gasteiger charge is -2.25. The molecule has 130 valence electrons. The van der Waals surface area contributed by atoms with Crippen LogP contribution in [0, 0.1) is 19.1 Å². The number of nitrogens with one attached hydrogen (secondary N) is 1. The third kappa shape index (κ3) is 2.95. The van der Waals surface area contributed by atoms with Gasteiger partial charge in [0.25, 0.3) is 5.69 Å². The third-order valence-electron chi connectivity index (χ3n) is 4.28. The first-order valence-corrected chi connectivity index (χ1v) is 8.78. The zero-order chi connectivity index (χ0) is 17.4. The van der Waals surface area contributed by atoms with Crippen LogP contribution in [0.4, 0.5) is 11.5 Å². The number of hydrogen-bond donors (Lipinski definition) is 2. The summed E-state index contributed by atoms with van der Waals surface area (Å²) >= 11 is 1.68. The summed E-state index contributed by atoms with van der Waals surface area (Å²) in [5.74, 6) is 0.817. The van der Waals surface area contributed by atoms with Gasteiger partial charge in [-0.2, -0.15) is 5.23 Å². The average Bonchev–Trinajstić information content (AvgIpc) is 2.75. The van der Waals surface area contributed by atoms with E-state index in [0.717, 1.165) is 23.5 Å². The van der Waals surface area contributed by atoms with Crippen LogP contribution in [0.2, 0.25) is 0 Å². The van der Waals surface area contributed by atoms with Crippen LogP contribution in [0.15, 0.2) is 4.79 Å². The summed E-state index contributed by atoms with van der Waals surface area (Å²) in [4.78, 5) is 24.7. The molecule has 2 N–H and O–H groups in total. The molecule has 0 saturated carbocycles. The maximum Gasteiger partial charge on any atom is 0.320 e. The molecule has 0 bridgehead atoms. The Bertz CT molecular complexity index is 789. The molecule has 1 atom stereocenters. The Morgan fingerprint density at radius 2 is 2.00 bits per heavy atom. The summed E-state index contributed by atoms with van der Waals surface area (Å²) in [5.41, 5.74) is 0.354. The molecule has 0 amide bonds. The van der Waals surface area contributed by atoms with E-state index >= 15 is 0 Å². The predicted octanol–water partition coefficient (Wildman–Crippen LogP) is 0.345. The van der Waals surface area contributed by atoms with Gasteiger partial charge in [0.2, 0.25) is 5.82 Å². The van der Waals surface area contributed by atoms with E-state index in [9.17, 15) is 15.2 Å². The Morgan fingerprint density at radius 1 is 1.29 bits per heavy atom. The third-order valence-corrected chi connectivity index (χ3v) is 5.36. The molecule has 0 saturated heterocycles. The van der Waals surface area contributed by atoms with Gasteiger partial charge in [-0.3, -0.25) is 9.36 Å². The molecular formula is C15H21N5O3S. The number of thiazole rings is 1. The summed E-state index contributed by atoms with van der Waals surface area (Å²) in [5, 5.41) is 21.0. The molecule has 1 aliphatic rings. The van der Waals surface area contributed by atoms with E-state index in [2.05, 4.69) is 9.97 Å². The van der Waals surface area contributed by atoms with E-state index in [1.54, 1.807) is 25.2 Å². The van der Waals surface area contributed by atoms with E-state index in [1.807, 2.05) is 11.8 Å². The van der Waals surface area contributed by atoms with Gasteiger partial charge in [0.05, 0.1) is 10.7 Å². The Kier molecular flexibility index (Phi) is 4.68. The number of fused-ring (bicyclic) bond motifs is 1. The van der Waals surface area contributed by atoms with Crippen LogP contribution in [0.3, 0.4) is 0 Å². The van der Waals surface area contributed by atoms with E-state index in [0.29, 0.717) is 25.5 Å². The number of anilines is 1. The lowest BCUT2D eigenvalue weighted by molar-refractivity contribution is -0.991. The fraction of sp³-hybridized carbons (Fsp3) is 0.533. The van der Waals surface area contributed by atoms with Crippen molar-refractivity contribution in [1.29, 1.82) is 0 Å². The fourth-order valence-electron chi connectivity index (χ4n) is 3.14.